The summed E-state index contributed by atoms with van der Waals surface area (Å²) in [7, 11) is 1.57. The molecule has 0 bridgehead atoms. The second-order valence-electron chi connectivity index (χ2n) is 8.48. The van der Waals surface area contributed by atoms with Crippen molar-refractivity contribution in [2.45, 2.75) is 46.0 Å². The Kier molecular flexibility index (Phi) is 10.3. The van der Waals surface area contributed by atoms with Gasteiger partial charge in [-0.1, -0.05) is 39.2 Å². The molecule has 1 amide bonds. The Labute approximate surface area is 216 Å². The number of fused-ring (bicyclic) bond motifs is 1. The summed E-state index contributed by atoms with van der Waals surface area (Å²) < 4.78 is 21.9. The van der Waals surface area contributed by atoms with Crippen molar-refractivity contribution in [2.24, 2.45) is 0 Å². The number of benzene rings is 2. The van der Waals surface area contributed by atoms with Crippen LogP contribution in [0.2, 0.25) is 0 Å². The first-order valence-electron chi connectivity index (χ1n) is 12.5. The molecule has 0 aliphatic rings. The van der Waals surface area contributed by atoms with Crippen molar-refractivity contribution in [1.82, 2.24) is 5.32 Å². The van der Waals surface area contributed by atoms with E-state index < -0.39 is 17.5 Å². The SMILES string of the molecule is CCCCCCOc1ccc(/C=C/C(=O)Oc2ccc3cc(C(=O)NCCC)c(=O)oc3c2)cc1OC. The van der Waals surface area contributed by atoms with Crippen molar-refractivity contribution in [3.05, 3.63) is 70.1 Å². The topological polar surface area (TPSA) is 104 Å². The quantitative estimate of drug-likeness (QED) is 0.107. The molecule has 8 nitrogen and oxygen atoms in total. The van der Waals surface area contributed by atoms with Crippen LogP contribution >= 0.6 is 0 Å². The summed E-state index contributed by atoms with van der Waals surface area (Å²) >= 11 is 0. The number of hydrogen-bond acceptors (Lipinski definition) is 7. The zero-order chi connectivity index (χ0) is 26.6. The summed E-state index contributed by atoms with van der Waals surface area (Å²) in [5.74, 6) is 0.354. The summed E-state index contributed by atoms with van der Waals surface area (Å²) in [6.45, 7) is 5.17. The fourth-order valence-corrected chi connectivity index (χ4v) is 3.58. The molecule has 0 atom stereocenters. The Morgan fingerprint density at radius 2 is 1.81 bits per heavy atom. The molecule has 1 aromatic heterocycles. The fourth-order valence-electron chi connectivity index (χ4n) is 3.58. The van der Waals surface area contributed by atoms with E-state index in [1.165, 1.54) is 31.1 Å². The van der Waals surface area contributed by atoms with Gasteiger partial charge in [0.1, 0.15) is 16.9 Å². The van der Waals surface area contributed by atoms with Crippen LogP contribution in [-0.2, 0) is 4.79 Å². The monoisotopic (exact) mass is 507 g/mol. The van der Waals surface area contributed by atoms with Gasteiger partial charge in [0.2, 0.25) is 0 Å². The zero-order valence-corrected chi connectivity index (χ0v) is 21.5. The minimum atomic E-state index is -0.758. The maximum atomic E-state index is 12.4. The fraction of sp³-hybridized carbons (Fsp3) is 0.345. The van der Waals surface area contributed by atoms with Crippen LogP contribution < -0.4 is 25.2 Å². The minimum absolute atomic E-state index is 0.0723. The van der Waals surface area contributed by atoms with Gasteiger partial charge in [0.15, 0.2) is 11.5 Å². The normalized spacial score (nSPS) is 11.0. The number of hydrogen-bond donors (Lipinski definition) is 1. The Balaban J connectivity index is 1.64. The lowest BCUT2D eigenvalue weighted by Gasteiger charge is -2.11. The van der Waals surface area contributed by atoms with Gasteiger partial charge in [0, 0.05) is 24.1 Å². The van der Waals surface area contributed by atoms with Crippen LogP contribution in [0.3, 0.4) is 0 Å². The molecule has 0 fully saturated rings. The molecule has 0 unspecified atom stereocenters. The highest BCUT2D eigenvalue weighted by Gasteiger charge is 2.14. The van der Waals surface area contributed by atoms with E-state index >= 15 is 0 Å². The second kappa shape index (κ2) is 13.9. The van der Waals surface area contributed by atoms with Crippen LogP contribution in [0.4, 0.5) is 0 Å². The van der Waals surface area contributed by atoms with Crippen molar-refractivity contribution in [2.75, 3.05) is 20.3 Å². The smallest absolute Gasteiger partial charge is 0.349 e. The lowest BCUT2D eigenvalue weighted by Crippen LogP contribution is -2.28. The molecule has 0 spiro atoms. The molecule has 1 heterocycles. The number of carbonyl (C=O) groups is 2. The highest BCUT2D eigenvalue weighted by Crippen LogP contribution is 2.29. The van der Waals surface area contributed by atoms with Gasteiger partial charge in [-0.2, -0.15) is 0 Å². The maximum absolute atomic E-state index is 12.4. The van der Waals surface area contributed by atoms with Crippen LogP contribution in [0.5, 0.6) is 17.2 Å². The van der Waals surface area contributed by atoms with E-state index in [1.54, 1.807) is 31.4 Å². The molecule has 2 aromatic carbocycles. The first-order chi connectivity index (χ1) is 17.9. The molecule has 196 valence electrons. The maximum Gasteiger partial charge on any atom is 0.349 e. The van der Waals surface area contributed by atoms with Crippen molar-refractivity contribution in [3.8, 4) is 17.2 Å². The Hall–Kier alpha value is -4.07. The van der Waals surface area contributed by atoms with Gasteiger partial charge in [-0.05, 0) is 54.8 Å². The first kappa shape index (κ1) is 27.5. The summed E-state index contributed by atoms with van der Waals surface area (Å²) in [6.07, 6.45) is 8.12. The number of methoxy groups -OCH3 is 1. The second-order valence-corrected chi connectivity index (χ2v) is 8.48. The van der Waals surface area contributed by atoms with Crippen LogP contribution in [0.25, 0.3) is 17.0 Å². The van der Waals surface area contributed by atoms with Crippen LogP contribution in [0.15, 0.2) is 57.8 Å². The molecule has 8 heteroatoms. The first-order valence-corrected chi connectivity index (χ1v) is 12.5. The number of ether oxygens (including phenoxy) is 3. The third-order valence-corrected chi connectivity index (χ3v) is 5.56. The number of esters is 1. The molecule has 3 aromatic rings. The van der Waals surface area contributed by atoms with E-state index in [4.69, 9.17) is 18.6 Å². The summed E-state index contributed by atoms with van der Waals surface area (Å²) in [5.41, 5.74) is 0.121. The molecule has 1 N–H and O–H groups in total. The van der Waals surface area contributed by atoms with Crippen molar-refractivity contribution >= 4 is 28.9 Å². The molecule has 0 radical (unpaired) electrons. The molecule has 3 rings (SSSR count). The van der Waals surface area contributed by atoms with Gasteiger partial charge < -0.3 is 23.9 Å². The Morgan fingerprint density at radius 3 is 2.57 bits per heavy atom. The Morgan fingerprint density at radius 1 is 0.973 bits per heavy atom. The lowest BCUT2D eigenvalue weighted by atomic mass is 10.1. The highest BCUT2D eigenvalue weighted by atomic mass is 16.5. The van der Waals surface area contributed by atoms with Crippen LogP contribution in [-0.4, -0.2) is 32.1 Å². The molecule has 0 aliphatic carbocycles. The van der Waals surface area contributed by atoms with Gasteiger partial charge in [-0.25, -0.2) is 9.59 Å². The average molecular weight is 508 g/mol. The predicted molar refractivity (Wildman–Crippen MR) is 142 cm³/mol. The number of carbonyl (C=O) groups excluding carboxylic acids is 2. The predicted octanol–water partition coefficient (Wildman–Crippen LogP) is 5.52. The minimum Gasteiger partial charge on any atom is -0.493 e. The van der Waals surface area contributed by atoms with E-state index in [9.17, 15) is 14.4 Å². The van der Waals surface area contributed by atoms with Crippen molar-refractivity contribution in [1.29, 1.82) is 0 Å². The number of unbranched alkanes of at least 4 members (excludes halogenated alkanes) is 3. The van der Waals surface area contributed by atoms with E-state index in [2.05, 4.69) is 12.2 Å². The highest BCUT2D eigenvalue weighted by molar-refractivity contribution is 5.97. The van der Waals surface area contributed by atoms with E-state index in [1.807, 2.05) is 19.1 Å². The molecule has 0 aliphatic heterocycles. The lowest BCUT2D eigenvalue weighted by molar-refractivity contribution is -0.128. The number of nitrogens with one attached hydrogen (secondary N) is 1. The summed E-state index contributed by atoms with van der Waals surface area (Å²) in [5, 5.41) is 3.19. The van der Waals surface area contributed by atoms with Crippen LogP contribution in [0.1, 0.15) is 61.9 Å². The van der Waals surface area contributed by atoms with Gasteiger partial charge >= 0.3 is 11.6 Å². The van der Waals surface area contributed by atoms with Crippen molar-refractivity contribution < 1.29 is 28.2 Å². The van der Waals surface area contributed by atoms with Gasteiger partial charge in [0.25, 0.3) is 5.91 Å². The molecular formula is C29H33NO7. The van der Waals surface area contributed by atoms with Crippen LogP contribution in [0, 0.1) is 0 Å². The van der Waals surface area contributed by atoms with E-state index in [-0.39, 0.29) is 16.9 Å². The largest absolute Gasteiger partial charge is 0.493 e. The number of rotatable bonds is 13. The summed E-state index contributed by atoms with van der Waals surface area (Å²) in [4.78, 5) is 36.8. The zero-order valence-electron chi connectivity index (χ0n) is 21.5. The van der Waals surface area contributed by atoms with E-state index in [0.29, 0.717) is 30.0 Å². The molecule has 0 saturated carbocycles. The van der Waals surface area contributed by atoms with Gasteiger partial charge in [0.05, 0.1) is 13.7 Å². The standard InChI is InChI=1S/C29H33NO7/c1-4-6-7-8-16-35-24-13-9-20(17-26(24)34-3)10-14-27(31)36-22-12-11-21-18-23(28(32)30-15-5-2)29(33)37-25(21)19-22/h9-14,17-19H,4-8,15-16H2,1-3H3,(H,30,32)/b14-10+. The van der Waals surface area contributed by atoms with Gasteiger partial charge in [-0.15, -0.1) is 0 Å². The molecule has 0 saturated heterocycles. The van der Waals surface area contributed by atoms with Crippen molar-refractivity contribution in [3.63, 3.8) is 0 Å². The van der Waals surface area contributed by atoms with Gasteiger partial charge in [-0.3, -0.25) is 4.79 Å². The number of amides is 1. The average Bonchev–Trinajstić information content (AvgIpc) is 2.90. The Bertz CT molecular complexity index is 1310. The third-order valence-electron chi connectivity index (χ3n) is 5.56. The molecular weight excluding hydrogens is 474 g/mol. The van der Waals surface area contributed by atoms with E-state index in [0.717, 1.165) is 24.8 Å². The molecule has 37 heavy (non-hydrogen) atoms. The third kappa shape index (κ3) is 7.96. The summed E-state index contributed by atoms with van der Waals surface area (Å²) in [6, 6.07) is 11.5.